The second-order valence-corrected chi connectivity index (χ2v) is 8.58. The summed E-state index contributed by atoms with van der Waals surface area (Å²) >= 11 is 0. The van der Waals surface area contributed by atoms with Crippen LogP contribution in [0.1, 0.15) is 32.3 Å². The Balaban J connectivity index is 1.98. The third-order valence-corrected chi connectivity index (χ3v) is 5.49. The lowest BCUT2D eigenvalue weighted by Gasteiger charge is -2.22. The summed E-state index contributed by atoms with van der Waals surface area (Å²) in [5.74, 6) is -4.13. The number of carbonyl (C=O) groups is 5. The molecular weight excluding hydrogens is 456 g/mol. The number of aromatic nitrogens is 1. The van der Waals surface area contributed by atoms with Crippen LogP contribution in [0.15, 0.2) is 30.5 Å². The van der Waals surface area contributed by atoms with Gasteiger partial charge in [0, 0.05) is 29.9 Å². The van der Waals surface area contributed by atoms with Gasteiger partial charge in [-0.3, -0.25) is 19.2 Å². The number of benzene rings is 1. The summed E-state index contributed by atoms with van der Waals surface area (Å²) < 4.78 is 0. The van der Waals surface area contributed by atoms with Gasteiger partial charge in [-0.1, -0.05) is 32.0 Å². The van der Waals surface area contributed by atoms with Crippen molar-refractivity contribution in [1.29, 1.82) is 0 Å². The first-order valence-electron chi connectivity index (χ1n) is 11.2. The minimum absolute atomic E-state index is 0.0312. The number of aliphatic carboxylic acids is 1. The van der Waals surface area contributed by atoms with E-state index in [1.807, 2.05) is 24.3 Å². The Bertz CT molecular complexity index is 1080. The number of nitrogens with one attached hydrogen (secondary N) is 4. The van der Waals surface area contributed by atoms with Gasteiger partial charge in [-0.05, 0) is 24.0 Å². The second kappa shape index (κ2) is 12.5. The van der Waals surface area contributed by atoms with Gasteiger partial charge in [-0.25, -0.2) is 4.79 Å². The summed E-state index contributed by atoms with van der Waals surface area (Å²) in [5.41, 5.74) is 12.5. The molecule has 0 aliphatic heterocycles. The molecule has 0 bridgehead atoms. The Morgan fingerprint density at radius 3 is 2.34 bits per heavy atom. The summed E-state index contributed by atoms with van der Waals surface area (Å²) in [5, 5.41) is 17.6. The number of carbonyl (C=O) groups excluding carboxylic acids is 4. The molecule has 0 spiro atoms. The fourth-order valence-corrected chi connectivity index (χ4v) is 3.38. The molecule has 2 rings (SSSR count). The molecule has 12 heteroatoms. The molecule has 1 heterocycles. The molecule has 4 amide bonds. The fraction of sp³-hybridized carbons (Fsp3) is 0.435. The largest absolute Gasteiger partial charge is 0.480 e. The summed E-state index contributed by atoms with van der Waals surface area (Å²) in [6, 6.07) is 4.12. The Hall–Kier alpha value is -3.93. The Labute approximate surface area is 202 Å². The van der Waals surface area contributed by atoms with Crippen molar-refractivity contribution >= 4 is 40.5 Å². The summed E-state index contributed by atoms with van der Waals surface area (Å²) in [6.07, 6.45) is 1.46. The highest BCUT2D eigenvalue weighted by atomic mass is 16.4. The zero-order valence-electron chi connectivity index (χ0n) is 19.7. The van der Waals surface area contributed by atoms with Crippen LogP contribution >= 0.6 is 0 Å². The van der Waals surface area contributed by atoms with E-state index < -0.39 is 54.3 Å². The van der Waals surface area contributed by atoms with E-state index in [0.29, 0.717) is 5.56 Å². The van der Waals surface area contributed by atoms with E-state index in [9.17, 15) is 29.1 Å². The van der Waals surface area contributed by atoms with Crippen molar-refractivity contribution in [1.82, 2.24) is 20.9 Å². The molecule has 190 valence electrons. The molecule has 3 unspecified atom stereocenters. The van der Waals surface area contributed by atoms with Crippen LogP contribution in [-0.4, -0.2) is 64.4 Å². The van der Waals surface area contributed by atoms with Gasteiger partial charge in [-0.15, -0.1) is 0 Å². The minimum atomic E-state index is -1.23. The molecule has 0 radical (unpaired) electrons. The van der Waals surface area contributed by atoms with Crippen molar-refractivity contribution in [2.45, 2.75) is 51.2 Å². The molecule has 12 nitrogen and oxygen atoms in total. The van der Waals surface area contributed by atoms with Gasteiger partial charge in [0.25, 0.3) is 0 Å². The number of hydrogen-bond donors (Lipinski definition) is 7. The number of primary amides is 1. The number of rotatable bonds is 13. The first-order valence-corrected chi connectivity index (χ1v) is 11.2. The van der Waals surface area contributed by atoms with Crippen LogP contribution in [-0.2, 0) is 30.4 Å². The van der Waals surface area contributed by atoms with Crippen molar-refractivity contribution in [3.05, 3.63) is 36.0 Å². The summed E-state index contributed by atoms with van der Waals surface area (Å²) in [4.78, 5) is 63.2. The van der Waals surface area contributed by atoms with Gasteiger partial charge in [-0.2, -0.15) is 0 Å². The molecule has 35 heavy (non-hydrogen) atoms. The Kier molecular flexibility index (Phi) is 9.76. The van der Waals surface area contributed by atoms with Crippen LogP contribution in [0.2, 0.25) is 0 Å². The van der Waals surface area contributed by atoms with Crippen molar-refractivity contribution in [2.24, 2.45) is 17.4 Å². The quantitative estimate of drug-likeness (QED) is 0.189. The third-order valence-electron chi connectivity index (χ3n) is 5.49. The SMILES string of the molecule is CC(C)C(N)C(=O)NC(CCC(N)=O)C(=O)NCC(=O)NC(Cc1c[nH]c2ccccc12)C(=O)O. The van der Waals surface area contributed by atoms with Crippen LogP contribution < -0.4 is 27.4 Å². The number of amides is 4. The standard InChI is InChI=1S/C23H32N6O6/c1-12(2)20(25)22(33)29-16(7-8-18(24)30)21(32)27-11-19(31)28-17(23(34)35)9-13-10-26-15-6-4-3-5-14(13)15/h3-6,10,12,16-17,20,26H,7-9,11,25H2,1-2H3,(H2,24,30)(H,27,32)(H,28,31)(H,29,33)(H,34,35). The maximum Gasteiger partial charge on any atom is 0.326 e. The van der Waals surface area contributed by atoms with Crippen LogP contribution in [0.3, 0.4) is 0 Å². The smallest absolute Gasteiger partial charge is 0.326 e. The molecule has 0 aliphatic carbocycles. The zero-order valence-corrected chi connectivity index (χ0v) is 19.7. The molecule has 2 aromatic rings. The monoisotopic (exact) mass is 488 g/mol. The predicted octanol–water partition coefficient (Wildman–Crippen LogP) is -0.870. The molecule has 9 N–H and O–H groups in total. The van der Waals surface area contributed by atoms with Crippen LogP contribution in [0.25, 0.3) is 10.9 Å². The first-order chi connectivity index (χ1) is 16.5. The number of H-pyrrole nitrogens is 1. The van der Waals surface area contributed by atoms with Gasteiger partial charge in [0.2, 0.25) is 23.6 Å². The van der Waals surface area contributed by atoms with Gasteiger partial charge in [0.15, 0.2) is 0 Å². The lowest BCUT2D eigenvalue weighted by molar-refractivity contribution is -0.141. The number of fused-ring (bicyclic) bond motifs is 1. The number of para-hydroxylation sites is 1. The van der Waals surface area contributed by atoms with Crippen LogP contribution in [0.4, 0.5) is 0 Å². The van der Waals surface area contributed by atoms with E-state index in [-0.39, 0.29) is 25.2 Å². The van der Waals surface area contributed by atoms with E-state index in [0.717, 1.165) is 10.9 Å². The maximum absolute atomic E-state index is 12.6. The molecule has 0 saturated heterocycles. The summed E-state index contributed by atoms with van der Waals surface area (Å²) in [6.45, 7) is 2.94. The summed E-state index contributed by atoms with van der Waals surface area (Å²) in [7, 11) is 0. The molecule has 0 fully saturated rings. The van der Waals surface area contributed by atoms with Crippen molar-refractivity contribution in [3.8, 4) is 0 Å². The normalized spacial score (nSPS) is 13.6. The zero-order chi connectivity index (χ0) is 26.1. The van der Waals surface area contributed by atoms with Gasteiger partial charge in [0.1, 0.15) is 12.1 Å². The van der Waals surface area contributed by atoms with Gasteiger partial charge in [0.05, 0.1) is 12.6 Å². The van der Waals surface area contributed by atoms with Gasteiger partial charge < -0.3 is 37.5 Å². The molecule has 3 atom stereocenters. The number of nitrogens with two attached hydrogens (primary N) is 2. The van der Waals surface area contributed by atoms with E-state index in [1.54, 1.807) is 20.0 Å². The Morgan fingerprint density at radius 1 is 1.03 bits per heavy atom. The first kappa shape index (κ1) is 27.3. The maximum atomic E-state index is 12.6. The van der Waals surface area contributed by atoms with E-state index in [2.05, 4.69) is 20.9 Å². The molecule has 0 aliphatic rings. The molecular formula is C23H32N6O6. The van der Waals surface area contributed by atoms with Gasteiger partial charge >= 0.3 is 5.97 Å². The Morgan fingerprint density at radius 2 is 1.71 bits per heavy atom. The molecule has 1 aromatic heterocycles. The predicted molar refractivity (Wildman–Crippen MR) is 128 cm³/mol. The number of aromatic amines is 1. The second-order valence-electron chi connectivity index (χ2n) is 8.58. The van der Waals surface area contributed by atoms with Crippen molar-refractivity contribution in [2.75, 3.05) is 6.54 Å². The lowest BCUT2D eigenvalue weighted by Crippen LogP contribution is -2.54. The average molecular weight is 489 g/mol. The number of carboxylic acids is 1. The number of hydrogen-bond acceptors (Lipinski definition) is 6. The minimum Gasteiger partial charge on any atom is -0.480 e. The van der Waals surface area contributed by atoms with Crippen molar-refractivity contribution < 1.29 is 29.1 Å². The highest BCUT2D eigenvalue weighted by Gasteiger charge is 2.27. The third kappa shape index (κ3) is 8.10. The molecule has 0 saturated carbocycles. The fourth-order valence-electron chi connectivity index (χ4n) is 3.38. The molecule has 1 aromatic carbocycles. The highest BCUT2D eigenvalue weighted by molar-refractivity contribution is 5.93. The van der Waals surface area contributed by atoms with E-state index in [4.69, 9.17) is 11.5 Å². The van der Waals surface area contributed by atoms with Crippen LogP contribution in [0, 0.1) is 5.92 Å². The number of carboxylic acid groups (broad SMARTS) is 1. The van der Waals surface area contributed by atoms with E-state index >= 15 is 0 Å². The van der Waals surface area contributed by atoms with E-state index in [1.165, 1.54) is 0 Å². The topological polar surface area (TPSA) is 209 Å². The highest BCUT2D eigenvalue weighted by Crippen LogP contribution is 2.19. The van der Waals surface area contributed by atoms with Crippen molar-refractivity contribution in [3.63, 3.8) is 0 Å². The average Bonchev–Trinajstić information content (AvgIpc) is 3.21. The lowest BCUT2D eigenvalue weighted by atomic mass is 10.0. The van der Waals surface area contributed by atoms with Crippen LogP contribution in [0.5, 0.6) is 0 Å².